The maximum Gasteiger partial charge on any atom is 0.238 e. The van der Waals surface area contributed by atoms with Crippen molar-refractivity contribution in [2.45, 2.75) is 6.54 Å². The van der Waals surface area contributed by atoms with E-state index in [1.807, 2.05) is 43.3 Å². The zero-order valence-electron chi connectivity index (χ0n) is 10.5. The molecule has 0 aliphatic carbocycles. The molecule has 5 heteroatoms. The standard InChI is InChI=1S/C13H16N4O/c1-17(2)11-4-3-5-12(8-11)18-13-7-6-10(9-14)15-16-13/h3-8H,9,14H2,1-2H3. The van der Waals surface area contributed by atoms with Crippen LogP contribution in [0.4, 0.5) is 5.69 Å². The predicted octanol–water partition coefficient (Wildman–Crippen LogP) is 1.79. The summed E-state index contributed by atoms with van der Waals surface area (Å²) in [6, 6.07) is 11.3. The van der Waals surface area contributed by atoms with Crippen molar-refractivity contribution < 1.29 is 4.74 Å². The fraction of sp³-hybridized carbons (Fsp3) is 0.231. The van der Waals surface area contributed by atoms with E-state index in [0.717, 1.165) is 17.1 Å². The van der Waals surface area contributed by atoms with Gasteiger partial charge in [-0.3, -0.25) is 0 Å². The fourth-order valence-corrected chi connectivity index (χ4v) is 1.46. The summed E-state index contributed by atoms with van der Waals surface area (Å²) in [4.78, 5) is 2.01. The molecular weight excluding hydrogens is 228 g/mol. The molecule has 2 rings (SSSR count). The number of nitrogens with zero attached hydrogens (tertiary/aromatic N) is 3. The molecule has 0 unspecified atom stereocenters. The number of anilines is 1. The predicted molar refractivity (Wildman–Crippen MR) is 70.8 cm³/mol. The van der Waals surface area contributed by atoms with E-state index < -0.39 is 0 Å². The maximum atomic E-state index is 5.63. The number of hydrogen-bond donors (Lipinski definition) is 1. The molecule has 0 aliphatic rings. The first-order chi connectivity index (χ1) is 8.69. The van der Waals surface area contributed by atoms with Crippen molar-refractivity contribution in [3.63, 3.8) is 0 Å². The van der Waals surface area contributed by atoms with Gasteiger partial charge < -0.3 is 15.4 Å². The number of benzene rings is 1. The molecule has 94 valence electrons. The van der Waals surface area contributed by atoms with Gasteiger partial charge in [-0.25, -0.2) is 0 Å². The molecule has 1 heterocycles. The normalized spacial score (nSPS) is 10.2. The minimum Gasteiger partial charge on any atom is -0.437 e. The lowest BCUT2D eigenvalue weighted by Gasteiger charge is -2.13. The van der Waals surface area contributed by atoms with Crippen LogP contribution in [-0.2, 0) is 6.54 Å². The van der Waals surface area contributed by atoms with Gasteiger partial charge in [0.25, 0.3) is 0 Å². The van der Waals surface area contributed by atoms with Gasteiger partial charge in [0, 0.05) is 38.5 Å². The minimum atomic E-state index is 0.378. The zero-order valence-corrected chi connectivity index (χ0v) is 10.5. The van der Waals surface area contributed by atoms with Crippen molar-refractivity contribution in [1.82, 2.24) is 10.2 Å². The van der Waals surface area contributed by atoms with E-state index in [1.54, 1.807) is 12.1 Å². The molecule has 1 aromatic carbocycles. The SMILES string of the molecule is CN(C)c1cccc(Oc2ccc(CN)nn2)c1. The Morgan fingerprint density at radius 1 is 1.17 bits per heavy atom. The van der Waals surface area contributed by atoms with Crippen LogP contribution in [-0.4, -0.2) is 24.3 Å². The highest BCUT2D eigenvalue weighted by atomic mass is 16.5. The number of ether oxygens (including phenoxy) is 1. The lowest BCUT2D eigenvalue weighted by atomic mass is 10.3. The smallest absolute Gasteiger partial charge is 0.238 e. The second-order valence-corrected chi connectivity index (χ2v) is 4.06. The zero-order chi connectivity index (χ0) is 13.0. The Hall–Kier alpha value is -2.14. The van der Waals surface area contributed by atoms with Gasteiger partial charge in [-0.05, 0) is 18.2 Å². The fourth-order valence-electron chi connectivity index (χ4n) is 1.46. The van der Waals surface area contributed by atoms with Crippen LogP contribution in [0.5, 0.6) is 11.6 Å². The molecule has 0 bridgehead atoms. The highest BCUT2D eigenvalue weighted by molar-refractivity contribution is 5.49. The highest BCUT2D eigenvalue weighted by Crippen LogP contribution is 2.23. The third-order valence-electron chi connectivity index (χ3n) is 2.46. The molecule has 0 saturated carbocycles. The monoisotopic (exact) mass is 244 g/mol. The Kier molecular flexibility index (Phi) is 3.74. The van der Waals surface area contributed by atoms with Gasteiger partial charge >= 0.3 is 0 Å². The van der Waals surface area contributed by atoms with Crippen molar-refractivity contribution in [3.05, 3.63) is 42.1 Å². The molecule has 0 aliphatic heterocycles. The Bertz CT molecular complexity index is 511. The average molecular weight is 244 g/mol. The van der Waals surface area contributed by atoms with Gasteiger partial charge in [-0.2, -0.15) is 5.10 Å². The molecule has 2 N–H and O–H groups in total. The van der Waals surface area contributed by atoms with Gasteiger partial charge in [-0.15, -0.1) is 5.10 Å². The van der Waals surface area contributed by atoms with Crippen LogP contribution in [0, 0.1) is 0 Å². The quantitative estimate of drug-likeness (QED) is 0.888. The molecule has 0 saturated heterocycles. The summed E-state index contributed by atoms with van der Waals surface area (Å²) in [5, 5.41) is 7.89. The molecular formula is C13H16N4O. The number of nitrogens with two attached hydrogens (primary N) is 1. The van der Waals surface area contributed by atoms with Crippen LogP contribution in [0.15, 0.2) is 36.4 Å². The topological polar surface area (TPSA) is 64.3 Å². The molecule has 0 amide bonds. The summed E-state index contributed by atoms with van der Waals surface area (Å²) in [6.45, 7) is 0.378. The second kappa shape index (κ2) is 5.46. The Labute approximate surface area is 106 Å². The molecule has 0 atom stereocenters. The molecule has 18 heavy (non-hydrogen) atoms. The number of aromatic nitrogens is 2. The second-order valence-electron chi connectivity index (χ2n) is 4.06. The van der Waals surface area contributed by atoms with Gasteiger partial charge in [-0.1, -0.05) is 6.07 Å². The van der Waals surface area contributed by atoms with Crippen LogP contribution in [0.2, 0.25) is 0 Å². The van der Waals surface area contributed by atoms with Crippen LogP contribution in [0.25, 0.3) is 0 Å². The van der Waals surface area contributed by atoms with Crippen molar-refractivity contribution >= 4 is 5.69 Å². The van der Waals surface area contributed by atoms with Crippen LogP contribution in [0.1, 0.15) is 5.69 Å². The minimum absolute atomic E-state index is 0.378. The van der Waals surface area contributed by atoms with E-state index in [9.17, 15) is 0 Å². The molecule has 5 nitrogen and oxygen atoms in total. The van der Waals surface area contributed by atoms with Gasteiger partial charge in [0.05, 0.1) is 5.69 Å². The first kappa shape index (κ1) is 12.3. The summed E-state index contributed by atoms with van der Waals surface area (Å²) in [7, 11) is 3.96. The summed E-state index contributed by atoms with van der Waals surface area (Å²) < 4.78 is 5.63. The molecule has 0 fully saturated rings. The van der Waals surface area contributed by atoms with Crippen LogP contribution >= 0.6 is 0 Å². The van der Waals surface area contributed by atoms with E-state index in [-0.39, 0.29) is 0 Å². The van der Waals surface area contributed by atoms with E-state index in [1.165, 1.54) is 0 Å². The lowest BCUT2D eigenvalue weighted by Crippen LogP contribution is -2.08. The maximum absolute atomic E-state index is 5.63. The van der Waals surface area contributed by atoms with E-state index in [2.05, 4.69) is 10.2 Å². The first-order valence-corrected chi connectivity index (χ1v) is 5.67. The lowest BCUT2D eigenvalue weighted by molar-refractivity contribution is 0.454. The number of hydrogen-bond acceptors (Lipinski definition) is 5. The van der Waals surface area contributed by atoms with E-state index >= 15 is 0 Å². The highest BCUT2D eigenvalue weighted by Gasteiger charge is 2.02. The van der Waals surface area contributed by atoms with Crippen molar-refractivity contribution in [2.24, 2.45) is 5.73 Å². The van der Waals surface area contributed by atoms with Gasteiger partial charge in [0.2, 0.25) is 5.88 Å². The van der Waals surface area contributed by atoms with Crippen LogP contribution in [0.3, 0.4) is 0 Å². The van der Waals surface area contributed by atoms with Gasteiger partial charge in [0.1, 0.15) is 5.75 Å². The van der Waals surface area contributed by atoms with E-state index in [4.69, 9.17) is 10.5 Å². The average Bonchev–Trinajstić information content (AvgIpc) is 2.40. The summed E-state index contributed by atoms with van der Waals surface area (Å²) in [6.07, 6.45) is 0. The van der Waals surface area contributed by atoms with Crippen molar-refractivity contribution in [2.75, 3.05) is 19.0 Å². The Balaban J connectivity index is 2.15. The van der Waals surface area contributed by atoms with Gasteiger partial charge in [0.15, 0.2) is 0 Å². The molecule has 2 aromatic rings. The molecule has 1 aromatic heterocycles. The summed E-state index contributed by atoms with van der Waals surface area (Å²) in [5.41, 5.74) is 7.27. The Morgan fingerprint density at radius 3 is 2.61 bits per heavy atom. The van der Waals surface area contributed by atoms with Crippen molar-refractivity contribution in [1.29, 1.82) is 0 Å². The van der Waals surface area contributed by atoms with E-state index in [0.29, 0.717) is 12.4 Å². The van der Waals surface area contributed by atoms with Crippen LogP contribution < -0.4 is 15.4 Å². The summed E-state index contributed by atoms with van der Waals surface area (Å²) >= 11 is 0. The largest absolute Gasteiger partial charge is 0.437 e. The third-order valence-corrected chi connectivity index (χ3v) is 2.46. The molecule has 0 spiro atoms. The third kappa shape index (κ3) is 2.95. The first-order valence-electron chi connectivity index (χ1n) is 5.67. The van der Waals surface area contributed by atoms with Crippen molar-refractivity contribution in [3.8, 4) is 11.6 Å². The number of rotatable bonds is 4. The molecule has 0 radical (unpaired) electrons. The Morgan fingerprint density at radius 2 is 2.00 bits per heavy atom. The summed E-state index contributed by atoms with van der Waals surface area (Å²) in [5.74, 6) is 1.19.